The molecular formula is C49H30N2O2S. The van der Waals surface area contributed by atoms with Crippen molar-refractivity contribution in [2.75, 3.05) is 4.90 Å². The van der Waals surface area contributed by atoms with E-state index in [0.717, 1.165) is 66.8 Å². The Morgan fingerprint density at radius 3 is 1.98 bits per heavy atom. The highest BCUT2D eigenvalue weighted by Crippen LogP contribution is 2.44. The summed E-state index contributed by atoms with van der Waals surface area (Å²) in [5.41, 5.74) is 11.9. The van der Waals surface area contributed by atoms with Gasteiger partial charge in [0.15, 0.2) is 5.58 Å². The number of nitrogens with zero attached hydrogens (tertiary/aromatic N) is 2. The third-order valence-corrected chi connectivity index (χ3v) is 11.5. The second-order valence-electron chi connectivity index (χ2n) is 13.5. The summed E-state index contributed by atoms with van der Waals surface area (Å²) < 4.78 is 15.4. The van der Waals surface area contributed by atoms with E-state index in [1.807, 2.05) is 53.8 Å². The zero-order valence-corrected chi connectivity index (χ0v) is 29.8. The molecule has 3 aromatic heterocycles. The Morgan fingerprint density at radius 1 is 0.444 bits per heavy atom. The maximum Gasteiger partial charge on any atom is 0.227 e. The summed E-state index contributed by atoms with van der Waals surface area (Å²) in [7, 11) is 0. The van der Waals surface area contributed by atoms with Crippen molar-refractivity contribution in [1.29, 1.82) is 0 Å². The molecule has 0 aliphatic rings. The molecule has 54 heavy (non-hydrogen) atoms. The third kappa shape index (κ3) is 5.01. The van der Waals surface area contributed by atoms with E-state index < -0.39 is 0 Å². The van der Waals surface area contributed by atoms with Crippen LogP contribution in [-0.2, 0) is 0 Å². The van der Waals surface area contributed by atoms with Crippen LogP contribution in [0.4, 0.5) is 17.1 Å². The lowest BCUT2D eigenvalue weighted by molar-refractivity contribution is 0.622. The van der Waals surface area contributed by atoms with E-state index in [9.17, 15) is 0 Å². The minimum atomic E-state index is 0.605. The number of thiophene rings is 1. The Morgan fingerprint density at radius 2 is 1.13 bits per heavy atom. The molecule has 0 aliphatic carbocycles. The first-order chi connectivity index (χ1) is 26.7. The van der Waals surface area contributed by atoms with Crippen LogP contribution in [0.1, 0.15) is 0 Å². The largest absolute Gasteiger partial charge is 0.456 e. The van der Waals surface area contributed by atoms with E-state index in [4.69, 9.17) is 13.8 Å². The molecule has 8 aromatic carbocycles. The van der Waals surface area contributed by atoms with Gasteiger partial charge >= 0.3 is 0 Å². The number of fused-ring (bicyclic) bond motifs is 8. The van der Waals surface area contributed by atoms with Crippen molar-refractivity contribution >= 4 is 81.6 Å². The van der Waals surface area contributed by atoms with Crippen LogP contribution in [-0.4, -0.2) is 4.98 Å². The lowest BCUT2D eigenvalue weighted by atomic mass is 10.0. The summed E-state index contributed by atoms with van der Waals surface area (Å²) in [6.07, 6.45) is 0. The van der Waals surface area contributed by atoms with Gasteiger partial charge < -0.3 is 13.7 Å². The predicted molar refractivity (Wildman–Crippen MR) is 225 cm³/mol. The van der Waals surface area contributed by atoms with Crippen molar-refractivity contribution in [3.05, 3.63) is 182 Å². The second kappa shape index (κ2) is 12.3. The molecule has 11 rings (SSSR count). The average Bonchev–Trinajstić information content (AvgIpc) is 3.95. The number of furan rings is 1. The van der Waals surface area contributed by atoms with Crippen molar-refractivity contribution in [1.82, 2.24) is 4.98 Å². The molecule has 254 valence electrons. The minimum absolute atomic E-state index is 0.605. The minimum Gasteiger partial charge on any atom is -0.456 e. The molecule has 0 aliphatic heterocycles. The number of benzene rings is 8. The Hall–Kier alpha value is -6.95. The van der Waals surface area contributed by atoms with Gasteiger partial charge in [0.2, 0.25) is 5.89 Å². The fourth-order valence-corrected chi connectivity index (χ4v) is 8.88. The average molecular weight is 711 g/mol. The van der Waals surface area contributed by atoms with Gasteiger partial charge in [-0.15, -0.1) is 11.3 Å². The predicted octanol–water partition coefficient (Wildman–Crippen LogP) is 14.6. The number of hydrogen-bond acceptors (Lipinski definition) is 5. The van der Waals surface area contributed by atoms with Crippen LogP contribution in [0.5, 0.6) is 0 Å². The topological polar surface area (TPSA) is 42.4 Å². The summed E-state index contributed by atoms with van der Waals surface area (Å²) in [4.78, 5) is 7.17. The van der Waals surface area contributed by atoms with Crippen molar-refractivity contribution in [2.24, 2.45) is 0 Å². The van der Waals surface area contributed by atoms with Gasteiger partial charge in [-0.2, -0.15) is 0 Å². The molecular weight excluding hydrogens is 681 g/mol. The fourth-order valence-electron chi connectivity index (χ4n) is 7.74. The SMILES string of the molecule is c1ccc(-c2nc3ccc4oc5cc(-c6ccc(N(c7ccc8c(c7)sc7ccccc78)c7ccccc7-c7ccccc7)cc6)ccc5c4c3o2)cc1. The van der Waals surface area contributed by atoms with Gasteiger partial charge in [0.1, 0.15) is 16.7 Å². The highest BCUT2D eigenvalue weighted by atomic mass is 32.1. The molecule has 11 aromatic rings. The molecule has 5 heteroatoms. The van der Waals surface area contributed by atoms with Gasteiger partial charge in [-0.1, -0.05) is 109 Å². The van der Waals surface area contributed by atoms with E-state index >= 15 is 0 Å². The summed E-state index contributed by atoms with van der Waals surface area (Å²) >= 11 is 1.84. The van der Waals surface area contributed by atoms with E-state index in [1.165, 1.54) is 31.3 Å². The van der Waals surface area contributed by atoms with Gasteiger partial charge in [0.25, 0.3) is 0 Å². The number of aromatic nitrogens is 1. The van der Waals surface area contributed by atoms with Gasteiger partial charge in [0.05, 0.1) is 11.1 Å². The van der Waals surface area contributed by atoms with E-state index in [1.54, 1.807) is 0 Å². The van der Waals surface area contributed by atoms with Gasteiger partial charge in [-0.3, -0.25) is 0 Å². The van der Waals surface area contributed by atoms with Crippen LogP contribution < -0.4 is 4.90 Å². The Balaban J connectivity index is 1.01. The standard InChI is InChI=1S/C49H30N2O2S/c1-3-11-32(12-4-1)37-15-7-9-17-42(37)51(36-24-26-39-38-16-8-10-18-45(38)54-46(39)30-36)35-22-19-31(20-23-35)34-21-25-40-44(29-34)52-43-28-27-41-48(47(40)43)53-49(50-41)33-13-5-2-6-14-33/h1-30H. The van der Waals surface area contributed by atoms with Crippen LogP contribution in [0.15, 0.2) is 191 Å². The van der Waals surface area contributed by atoms with Crippen molar-refractivity contribution in [2.45, 2.75) is 0 Å². The highest BCUT2D eigenvalue weighted by molar-refractivity contribution is 7.25. The van der Waals surface area contributed by atoms with Crippen LogP contribution in [0, 0.1) is 0 Å². The van der Waals surface area contributed by atoms with Crippen LogP contribution in [0.2, 0.25) is 0 Å². The third-order valence-electron chi connectivity index (χ3n) is 10.3. The van der Waals surface area contributed by atoms with Crippen LogP contribution in [0.3, 0.4) is 0 Å². The molecule has 0 bridgehead atoms. The summed E-state index contributed by atoms with van der Waals surface area (Å²) in [5.74, 6) is 0.605. The number of hydrogen-bond donors (Lipinski definition) is 0. The number of rotatable bonds is 6. The number of oxazole rings is 1. The maximum absolute atomic E-state index is 6.43. The lowest BCUT2D eigenvalue weighted by Crippen LogP contribution is -2.11. The first-order valence-corrected chi connectivity index (χ1v) is 18.8. The van der Waals surface area contributed by atoms with Crippen LogP contribution in [0.25, 0.3) is 86.9 Å². The van der Waals surface area contributed by atoms with E-state index in [2.05, 4.69) is 144 Å². The summed E-state index contributed by atoms with van der Waals surface area (Å²) in [6, 6.07) is 64.0. The zero-order chi connectivity index (χ0) is 35.6. The molecule has 3 heterocycles. The highest BCUT2D eigenvalue weighted by Gasteiger charge is 2.20. The Bertz CT molecular complexity index is 3160. The van der Waals surface area contributed by atoms with Gasteiger partial charge in [0, 0.05) is 48.1 Å². The molecule has 0 radical (unpaired) electrons. The zero-order valence-electron chi connectivity index (χ0n) is 28.9. The van der Waals surface area contributed by atoms with Gasteiger partial charge in [-0.05, 0) is 89.5 Å². The molecule has 0 N–H and O–H groups in total. The van der Waals surface area contributed by atoms with Crippen molar-refractivity contribution in [3.8, 4) is 33.7 Å². The molecule has 0 amide bonds. The van der Waals surface area contributed by atoms with Gasteiger partial charge in [-0.25, -0.2) is 4.98 Å². The second-order valence-corrected chi connectivity index (χ2v) is 14.6. The quantitative estimate of drug-likeness (QED) is 0.172. The molecule has 0 saturated heterocycles. The fraction of sp³-hybridized carbons (Fsp3) is 0. The van der Waals surface area contributed by atoms with Crippen LogP contribution >= 0.6 is 11.3 Å². The Labute approximate surface area is 314 Å². The lowest BCUT2D eigenvalue weighted by Gasteiger charge is -2.28. The monoisotopic (exact) mass is 710 g/mol. The number of anilines is 3. The van der Waals surface area contributed by atoms with Crippen molar-refractivity contribution < 1.29 is 8.83 Å². The Kier molecular flexibility index (Phi) is 7.00. The van der Waals surface area contributed by atoms with E-state index in [0.29, 0.717) is 5.89 Å². The molecule has 0 spiro atoms. The molecule has 0 saturated carbocycles. The van der Waals surface area contributed by atoms with Crippen molar-refractivity contribution in [3.63, 3.8) is 0 Å². The molecule has 0 unspecified atom stereocenters. The molecule has 4 nitrogen and oxygen atoms in total. The molecule has 0 atom stereocenters. The number of para-hydroxylation sites is 1. The summed E-state index contributed by atoms with van der Waals surface area (Å²) in [6.45, 7) is 0. The summed E-state index contributed by atoms with van der Waals surface area (Å²) in [5, 5.41) is 4.54. The molecule has 0 fully saturated rings. The smallest absolute Gasteiger partial charge is 0.227 e. The van der Waals surface area contributed by atoms with E-state index in [-0.39, 0.29) is 0 Å². The first kappa shape index (κ1) is 30.7. The maximum atomic E-state index is 6.43. The normalized spacial score (nSPS) is 11.7. The first-order valence-electron chi connectivity index (χ1n) is 18.0.